The Balaban J connectivity index is 1.73. The first-order chi connectivity index (χ1) is 9.81. The maximum absolute atomic E-state index is 5.51. The Labute approximate surface area is 125 Å². The number of unbranched alkanes of at least 4 members (excludes halogenated alkanes) is 1. The Hall–Kier alpha value is -1.22. The molecule has 0 amide bonds. The quantitative estimate of drug-likeness (QED) is 0.606. The summed E-state index contributed by atoms with van der Waals surface area (Å²) in [6, 6.07) is 9.30. The number of hydrogen-bond acceptors (Lipinski definition) is 0. The number of aryl methyl sites for hydroxylation is 2. The molecule has 1 aliphatic rings. The minimum absolute atomic E-state index is 0.559. The Bertz CT molecular complexity index is 412. The first-order valence-corrected chi connectivity index (χ1v) is 8.35. The van der Waals surface area contributed by atoms with E-state index in [-0.39, 0.29) is 0 Å². The van der Waals surface area contributed by atoms with Gasteiger partial charge < -0.3 is 0 Å². The highest BCUT2D eigenvalue weighted by Gasteiger charge is 2.19. The van der Waals surface area contributed by atoms with Crippen LogP contribution in [-0.2, 0) is 12.8 Å². The van der Waals surface area contributed by atoms with Crippen LogP contribution in [0.4, 0.5) is 0 Å². The van der Waals surface area contributed by atoms with Gasteiger partial charge in [-0.05, 0) is 68.4 Å². The smallest absolute Gasteiger partial charge is 0.0200 e. The maximum Gasteiger partial charge on any atom is 0.0200 e. The Morgan fingerprint density at radius 1 is 1.00 bits per heavy atom. The molecule has 0 bridgehead atoms. The van der Waals surface area contributed by atoms with Crippen LogP contribution in [-0.4, -0.2) is 0 Å². The number of hydrogen-bond donors (Lipinski definition) is 0. The minimum Gasteiger partial charge on any atom is -0.120 e. The Kier molecular flexibility index (Phi) is 6.19. The molecular weight excluding hydrogens is 240 g/mol. The third-order valence-corrected chi connectivity index (χ3v) is 4.77. The summed E-state index contributed by atoms with van der Waals surface area (Å²) in [5, 5.41) is 0. The highest BCUT2D eigenvalue weighted by Crippen LogP contribution is 2.31. The van der Waals surface area contributed by atoms with E-state index in [2.05, 4.69) is 37.1 Å². The third-order valence-electron chi connectivity index (χ3n) is 4.77. The van der Waals surface area contributed by atoms with E-state index in [4.69, 9.17) is 6.42 Å². The van der Waals surface area contributed by atoms with Gasteiger partial charge in [-0.2, -0.15) is 0 Å². The lowest BCUT2D eigenvalue weighted by Crippen LogP contribution is -2.13. The highest BCUT2D eigenvalue weighted by atomic mass is 14.2. The molecule has 2 rings (SSSR count). The largest absolute Gasteiger partial charge is 0.120 e. The third kappa shape index (κ3) is 4.71. The van der Waals surface area contributed by atoms with E-state index >= 15 is 0 Å². The van der Waals surface area contributed by atoms with Gasteiger partial charge in [0, 0.05) is 5.92 Å². The second kappa shape index (κ2) is 8.15. The van der Waals surface area contributed by atoms with Crippen molar-refractivity contribution < 1.29 is 0 Å². The number of rotatable bonds is 6. The molecular formula is C20H28. The van der Waals surface area contributed by atoms with Crippen LogP contribution in [0.15, 0.2) is 24.3 Å². The Morgan fingerprint density at radius 2 is 1.60 bits per heavy atom. The predicted molar refractivity (Wildman–Crippen MR) is 87.7 cm³/mol. The highest BCUT2D eigenvalue weighted by molar-refractivity contribution is 5.22. The van der Waals surface area contributed by atoms with E-state index in [1.54, 1.807) is 0 Å². The maximum atomic E-state index is 5.51. The average Bonchev–Trinajstić information content (AvgIpc) is 2.52. The van der Waals surface area contributed by atoms with Crippen molar-refractivity contribution in [1.29, 1.82) is 0 Å². The van der Waals surface area contributed by atoms with Crippen LogP contribution in [0.3, 0.4) is 0 Å². The minimum atomic E-state index is 0.559. The van der Waals surface area contributed by atoms with Crippen molar-refractivity contribution in [3.63, 3.8) is 0 Å². The van der Waals surface area contributed by atoms with Crippen LogP contribution >= 0.6 is 0 Å². The van der Waals surface area contributed by atoms with Crippen molar-refractivity contribution in [3.05, 3.63) is 35.4 Å². The SMILES string of the molecule is C#CC1CCC(CCc2ccc(CCCC)cc2)CC1. The van der Waals surface area contributed by atoms with Gasteiger partial charge in [-0.15, -0.1) is 12.3 Å². The zero-order valence-electron chi connectivity index (χ0n) is 12.9. The van der Waals surface area contributed by atoms with Gasteiger partial charge in [0.05, 0.1) is 0 Å². The number of terminal acetylenes is 1. The van der Waals surface area contributed by atoms with Gasteiger partial charge >= 0.3 is 0 Å². The first kappa shape index (κ1) is 15.2. The molecule has 0 nitrogen and oxygen atoms in total. The predicted octanol–water partition coefficient (Wildman–Crippen LogP) is 5.40. The summed E-state index contributed by atoms with van der Waals surface area (Å²) in [6.07, 6.45) is 17.1. The van der Waals surface area contributed by atoms with Gasteiger partial charge in [-0.1, -0.05) is 37.6 Å². The van der Waals surface area contributed by atoms with E-state index in [0.717, 1.165) is 5.92 Å². The van der Waals surface area contributed by atoms with Gasteiger partial charge in [-0.25, -0.2) is 0 Å². The molecule has 1 aromatic rings. The van der Waals surface area contributed by atoms with E-state index in [1.807, 2.05) is 0 Å². The monoisotopic (exact) mass is 268 g/mol. The molecule has 0 atom stereocenters. The molecule has 0 unspecified atom stereocenters. The molecule has 0 aromatic heterocycles. The van der Waals surface area contributed by atoms with E-state index in [9.17, 15) is 0 Å². The van der Waals surface area contributed by atoms with Crippen LogP contribution in [0.1, 0.15) is 63.0 Å². The van der Waals surface area contributed by atoms with Crippen LogP contribution in [0.5, 0.6) is 0 Å². The second-order valence-corrected chi connectivity index (χ2v) is 6.34. The molecule has 108 valence electrons. The van der Waals surface area contributed by atoms with Crippen LogP contribution < -0.4 is 0 Å². The first-order valence-electron chi connectivity index (χ1n) is 8.35. The van der Waals surface area contributed by atoms with Crippen molar-refractivity contribution >= 4 is 0 Å². The molecule has 0 heteroatoms. The summed E-state index contributed by atoms with van der Waals surface area (Å²) in [6.45, 7) is 2.25. The van der Waals surface area contributed by atoms with E-state index in [1.165, 1.54) is 68.9 Å². The van der Waals surface area contributed by atoms with Crippen molar-refractivity contribution in [2.75, 3.05) is 0 Å². The van der Waals surface area contributed by atoms with Crippen LogP contribution in [0.2, 0.25) is 0 Å². The van der Waals surface area contributed by atoms with Crippen molar-refractivity contribution in [2.45, 2.75) is 64.7 Å². The number of benzene rings is 1. The molecule has 20 heavy (non-hydrogen) atoms. The summed E-state index contributed by atoms with van der Waals surface area (Å²) in [4.78, 5) is 0. The fourth-order valence-corrected chi connectivity index (χ4v) is 3.24. The molecule has 0 N–H and O–H groups in total. The van der Waals surface area contributed by atoms with Gasteiger partial charge in [0.25, 0.3) is 0 Å². The second-order valence-electron chi connectivity index (χ2n) is 6.34. The molecule has 1 fully saturated rings. The van der Waals surface area contributed by atoms with Crippen molar-refractivity contribution in [1.82, 2.24) is 0 Å². The van der Waals surface area contributed by atoms with Crippen molar-refractivity contribution in [3.8, 4) is 12.3 Å². The molecule has 0 aliphatic heterocycles. The lowest BCUT2D eigenvalue weighted by Gasteiger charge is -2.25. The van der Waals surface area contributed by atoms with E-state index < -0.39 is 0 Å². The summed E-state index contributed by atoms with van der Waals surface area (Å²) >= 11 is 0. The average molecular weight is 268 g/mol. The molecule has 1 aliphatic carbocycles. The fraction of sp³-hybridized carbons (Fsp3) is 0.600. The lowest BCUT2D eigenvalue weighted by atomic mass is 9.80. The lowest BCUT2D eigenvalue weighted by molar-refractivity contribution is 0.302. The normalized spacial score (nSPS) is 22.4. The standard InChI is InChI=1S/C20H28/c1-3-5-6-18-11-13-20(14-12-18)16-15-19-9-7-17(4-2)8-10-19/h2,11-14,17,19H,3,5-10,15-16H2,1H3. The zero-order chi connectivity index (χ0) is 14.2. The summed E-state index contributed by atoms with van der Waals surface area (Å²) in [5.41, 5.74) is 2.99. The van der Waals surface area contributed by atoms with Gasteiger partial charge in [0.1, 0.15) is 0 Å². The van der Waals surface area contributed by atoms with E-state index in [0.29, 0.717) is 5.92 Å². The summed E-state index contributed by atoms with van der Waals surface area (Å²) < 4.78 is 0. The molecule has 0 radical (unpaired) electrons. The van der Waals surface area contributed by atoms with Gasteiger partial charge in [-0.3, -0.25) is 0 Å². The summed E-state index contributed by atoms with van der Waals surface area (Å²) in [7, 11) is 0. The molecule has 0 saturated heterocycles. The van der Waals surface area contributed by atoms with Crippen LogP contribution in [0.25, 0.3) is 0 Å². The molecule has 0 spiro atoms. The zero-order valence-corrected chi connectivity index (χ0v) is 12.9. The van der Waals surface area contributed by atoms with Gasteiger partial charge in [0.15, 0.2) is 0 Å². The molecule has 0 heterocycles. The van der Waals surface area contributed by atoms with Crippen LogP contribution in [0, 0.1) is 24.2 Å². The summed E-state index contributed by atoms with van der Waals surface area (Å²) in [5.74, 6) is 4.38. The molecule has 1 saturated carbocycles. The van der Waals surface area contributed by atoms with Crippen molar-refractivity contribution in [2.24, 2.45) is 11.8 Å². The molecule has 1 aromatic carbocycles. The van der Waals surface area contributed by atoms with Gasteiger partial charge in [0.2, 0.25) is 0 Å². The topological polar surface area (TPSA) is 0 Å². The Morgan fingerprint density at radius 3 is 2.15 bits per heavy atom. The fourth-order valence-electron chi connectivity index (χ4n) is 3.24.